The number of anilines is 2. The number of carbonyl (C=O) groups excluding carboxylic acids is 2. The summed E-state index contributed by atoms with van der Waals surface area (Å²) in [5.41, 5.74) is 5.92. The molecule has 0 aliphatic carbocycles. The van der Waals surface area contributed by atoms with Crippen LogP contribution in [0.2, 0.25) is 0 Å². The fourth-order valence-electron chi connectivity index (χ4n) is 3.36. The van der Waals surface area contributed by atoms with Crippen LogP contribution in [0.1, 0.15) is 29.9 Å². The van der Waals surface area contributed by atoms with Crippen LogP contribution in [-0.4, -0.2) is 41.9 Å². The summed E-state index contributed by atoms with van der Waals surface area (Å²) in [4.78, 5) is 43.7. The predicted octanol–water partition coefficient (Wildman–Crippen LogP) is 0.615. The number of nitrogens with zero attached hydrogens (tertiary/aromatic N) is 5. The number of nitrogens with one attached hydrogen (secondary N) is 1. The number of fused-ring (bicyclic) bond motifs is 2. The molecule has 150 valence electrons. The molecule has 0 saturated carbocycles. The predicted molar refractivity (Wildman–Crippen MR) is 102 cm³/mol. The summed E-state index contributed by atoms with van der Waals surface area (Å²) >= 11 is 0. The molecule has 0 aromatic carbocycles. The van der Waals surface area contributed by atoms with E-state index in [4.69, 9.17) is 5.73 Å². The van der Waals surface area contributed by atoms with Gasteiger partial charge in [-0.25, -0.2) is 9.37 Å². The maximum absolute atomic E-state index is 13.0. The molecule has 3 aromatic rings. The summed E-state index contributed by atoms with van der Waals surface area (Å²) in [6.45, 7) is 3.53. The maximum atomic E-state index is 13.0. The molecule has 2 amide bonds. The third-order valence-corrected chi connectivity index (χ3v) is 4.70. The molecule has 0 unspecified atom stereocenters. The van der Waals surface area contributed by atoms with Crippen LogP contribution in [0.4, 0.5) is 16.0 Å². The van der Waals surface area contributed by atoms with Crippen molar-refractivity contribution in [2.75, 3.05) is 11.1 Å². The standard InChI is InChI=1S/C18H18FN7O3/c1-9(2)24-7-11-16(18(24)29)25(15-5-12(20)23-26(15)17(11)28)8-14(27)22-13-4-3-10(19)6-21-13/h3-6,9H,7-8H2,1-2H3,(H2,20,23)(H,21,22,27). The highest BCUT2D eigenvalue weighted by atomic mass is 19.1. The van der Waals surface area contributed by atoms with Crippen molar-refractivity contribution >= 4 is 29.1 Å². The first kappa shape index (κ1) is 18.6. The first-order chi connectivity index (χ1) is 13.8. The summed E-state index contributed by atoms with van der Waals surface area (Å²) in [6, 6.07) is 3.79. The van der Waals surface area contributed by atoms with Gasteiger partial charge in [-0.15, -0.1) is 5.10 Å². The van der Waals surface area contributed by atoms with E-state index in [0.29, 0.717) is 0 Å². The Balaban J connectivity index is 1.78. The highest BCUT2D eigenvalue weighted by Gasteiger charge is 2.36. The van der Waals surface area contributed by atoms with Crippen LogP contribution in [0.5, 0.6) is 0 Å². The normalized spacial score (nSPS) is 13.4. The number of carbonyl (C=O) groups is 2. The van der Waals surface area contributed by atoms with Gasteiger partial charge in [0.2, 0.25) is 5.91 Å². The molecule has 4 rings (SSSR count). The van der Waals surface area contributed by atoms with Gasteiger partial charge in [0.05, 0.1) is 18.3 Å². The zero-order chi connectivity index (χ0) is 20.9. The Morgan fingerprint density at radius 2 is 2.10 bits per heavy atom. The molecule has 4 heterocycles. The Labute approximate surface area is 163 Å². The summed E-state index contributed by atoms with van der Waals surface area (Å²) < 4.78 is 15.5. The van der Waals surface area contributed by atoms with E-state index in [0.717, 1.165) is 10.7 Å². The highest BCUT2D eigenvalue weighted by molar-refractivity contribution is 5.98. The molecule has 11 heteroatoms. The number of amides is 2. The van der Waals surface area contributed by atoms with E-state index < -0.39 is 17.3 Å². The molecule has 1 aliphatic rings. The van der Waals surface area contributed by atoms with E-state index >= 15 is 0 Å². The molecule has 29 heavy (non-hydrogen) atoms. The first-order valence-corrected chi connectivity index (χ1v) is 8.89. The van der Waals surface area contributed by atoms with Crippen molar-refractivity contribution in [3.05, 3.63) is 51.8 Å². The number of hydrogen-bond acceptors (Lipinski definition) is 6. The monoisotopic (exact) mass is 399 g/mol. The molecule has 3 N–H and O–H groups in total. The molecule has 0 bridgehead atoms. The molecule has 0 spiro atoms. The van der Waals surface area contributed by atoms with E-state index in [1.165, 1.54) is 22.8 Å². The maximum Gasteiger partial charge on any atom is 0.280 e. The molecule has 3 aromatic heterocycles. The Bertz CT molecular complexity index is 1200. The van der Waals surface area contributed by atoms with E-state index in [1.807, 2.05) is 13.8 Å². The lowest BCUT2D eigenvalue weighted by Gasteiger charge is -2.20. The number of nitrogens with two attached hydrogens (primary N) is 1. The molecule has 0 saturated heterocycles. The van der Waals surface area contributed by atoms with Crippen molar-refractivity contribution in [2.45, 2.75) is 33.0 Å². The van der Waals surface area contributed by atoms with Gasteiger partial charge in [-0.05, 0) is 26.0 Å². The lowest BCUT2D eigenvalue weighted by atomic mass is 10.2. The Kier molecular flexibility index (Phi) is 4.29. The zero-order valence-electron chi connectivity index (χ0n) is 15.7. The number of hydrogen-bond donors (Lipinski definition) is 2. The van der Waals surface area contributed by atoms with Crippen LogP contribution in [0, 0.1) is 5.82 Å². The van der Waals surface area contributed by atoms with E-state index in [2.05, 4.69) is 15.4 Å². The largest absolute Gasteiger partial charge is 0.382 e. The van der Waals surface area contributed by atoms with Crippen LogP contribution in [-0.2, 0) is 17.9 Å². The smallest absolute Gasteiger partial charge is 0.280 e. The van der Waals surface area contributed by atoms with Gasteiger partial charge in [0.1, 0.15) is 35.3 Å². The minimum atomic E-state index is -0.531. The van der Waals surface area contributed by atoms with E-state index in [9.17, 15) is 18.8 Å². The fraction of sp³-hybridized carbons (Fsp3) is 0.278. The Morgan fingerprint density at radius 1 is 1.34 bits per heavy atom. The number of pyridine rings is 1. The third kappa shape index (κ3) is 3.10. The highest BCUT2D eigenvalue weighted by Crippen LogP contribution is 2.24. The van der Waals surface area contributed by atoms with Crippen LogP contribution >= 0.6 is 0 Å². The lowest BCUT2D eigenvalue weighted by Crippen LogP contribution is -2.32. The third-order valence-electron chi connectivity index (χ3n) is 4.70. The van der Waals surface area contributed by atoms with Gasteiger partial charge >= 0.3 is 0 Å². The van der Waals surface area contributed by atoms with Gasteiger partial charge in [0.15, 0.2) is 0 Å². The number of aromatic nitrogens is 4. The molecule has 0 atom stereocenters. The van der Waals surface area contributed by atoms with Crippen molar-refractivity contribution in [1.29, 1.82) is 0 Å². The summed E-state index contributed by atoms with van der Waals surface area (Å²) in [7, 11) is 0. The summed E-state index contributed by atoms with van der Waals surface area (Å²) in [6.07, 6.45) is 0.979. The molecule has 1 aliphatic heterocycles. The van der Waals surface area contributed by atoms with E-state index in [1.54, 1.807) is 4.90 Å². The van der Waals surface area contributed by atoms with Crippen molar-refractivity contribution in [2.24, 2.45) is 0 Å². The van der Waals surface area contributed by atoms with Gasteiger partial charge in [0.25, 0.3) is 11.5 Å². The van der Waals surface area contributed by atoms with E-state index in [-0.39, 0.29) is 53.6 Å². The first-order valence-electron chi connectivity index (χ1n) is 8.89. The average molecular weight is 399 g/mol. The summed E-state index contributed by atoms with van der Waals surface area (Å²) in [5.74, 6) is -1.13. The Hall–Kier alpha value is -3.76. The summed E-state index contributed by atoms with van der Waals surface area (Å²) in [5, 5.41) is 6.53. The van der Waals surface area contributed by atoms with Gasteiger partial charge < -0.3 is 20.5 Å². The van der Waals surface area contributed by atoms with Crippen molar-refractivity contribution < 1.29 is 14.0 Å². The fourth-order valence-corrected chi connectivity index (χ4v) is 3.36. The van der Waals surface area contributed by atoms with Crippen molar-refractivity contribution in [3.8, 4) is 0 Å². The molecular formula is C18H18FN7O3. The molecular weight excluding hydrogens is 381 g/mol. The van der Waals surface area contributed by atoms with Crippen LogP contribution < -0.4 is 16.6 Å². The number of halogens is 1. The molecule has 0 fully saturated rings. The quantitative estimate of drug-likeness (QED) is 0.662. The van der Waals surface area contributed by atoms with Crippen molar-refractivity contribution in [1.82, 2.24) is 24.1 Å². The average Bonchev–Trinajstić information content (AvgIpc) is 3.21. The number of nitrogen functional groups attached to an aromatic ring is 1. The van der Waals surface area contributed by atoms with Crippen LogP contribution in [0.25, 0.3) is 5.65 Å². The van der Waals surface area contributed by atoms with Crippen LogP contribution in [0.3, 0.4) is 0 Å². The van der Waals surface area contributed by atoms with Gasteiger partial charge in [-0.3, -0.25) is 14.4 Å². The minimum Gasteiger partial charge on any atom is -0.382 e. The van der Waals surface area contributed by atoms with Crippen LogP contribution in [0.15, 0.2) is 29.2 Å². The van der Waals surface area contributed by atoms with Gasteiger partial charge in [-0.2, -0.15) is 4.52 Å². The molecule has 0 radical (unpaired) electrons. The second-order valence-corrected chi connectivity index (χ2v) is 6.99. The second-order valence-electron chi connectivity index (χ2n) is 6.99. The lowest BCUT2D eigenvalue weighted by molar-refractivity contribution is -0.116. The Morgan fingerprint density at radius 3 is 2.76 bits per heavy atom. The topological polar surface area (TPSA) is 128 Å². The second kappa shape index (κ2) is 6.69. The minimum absolute atomic E-state index is 0.0910. The van der Waals surface area contributed by atoms with Gasteiger partial charge in [-0.1, -0.05) is 0 Å². The van der Waals surface area contributed by atoms with Gasteiger partial charge in [0, 0.05) is 12.1 Å². The molecule has 10 nitrogen and oxygen atoms in total. The zero-order valence-corrected chi connectivity index (χ0v) is 15.7. The number of rotatable bonds is 4. The van der Waals surface area contributed by atoms with Crippen molar-refractivity contribution in [3.63, 3.8) is 0 Å². The SMILES string of the molecule is CC(C)N1Cc2c(n(CC(=O)Nc3ccc(F)cn3)c3cc(N)nn3c2=O)C1=O.